The van der Waals surface area contributed by atoms with Crippen molar-refractivity contribution in [1.82, 2.24) is 24.8 Å². The van der Waals surface area contributed by atoms with Gasteiger partial charge in [-0.25, -0.2) is 0 Å². The van der Waals surface area contributed by atoms with Crippen LogP contribution >= 0.6 is 0 Å². The third-order valence-corrected chi connectivity index (χ3v) is 5.60. The molecule has 3 N–H and O–H groups in total. The molecule has 2 unspecified atom stereocenters. The number of aryl methyl sites for hydroxylation is 1. The first-order valence-electron chi connectivity index (χ1n) is 10.8. The van der Waals surface area contributed by atoms with Crippen LogP contribution in [-0.2, 0) is 32.3 Å². The van der Waals surface area contributed by atoms with Gasteiger partial charge in [0.15, 0.2) is 0 Å². The zero-order chi connectivity index (χ0) is 23.5. The number of carbonyl (C=O) groups is 4. The van der Waals surface area contributed by atoms with Crippen LogP contribution in [0.15, 0.2) is 6.20 Å². The van der Waals surface area contributed by atoms with E-state index in [1.807, 2.05) is 0 Å². The van der Waals surface area contributed by atoms with Crippen molar-refractivity contribution in [3.63, 3.8) is 0 Å². The van der Waals surface area contributed by atoms with Crippen LogP contribution in [0.3, 0.4) is 0 Å². The molecule has 0 spiro atoms. The van der Waals surface area contributed by atoms with E-state index in [4.69, 9.17) is 5.11 Å². The minimum atomic E-state index is -1.04. The second-order valence-electron chi connectivity index (χ2n) is 8.03. The summed E-state index contributed by atoms with van der Waals surface area (Å²) in [5, 5.41) is 35.6. The summed E-state index contributed by atoms with van der Waals surface area (Å²) in [4.78, 5) is 48.0. The summed E-state index contributed by atoms with van der Waals surface area (Å²) in [6.45, 7) is 0.185. The molecule has 1 saturated carbocycles. The molecule has 0 aliphatic heterocycles. The van der Waals surface area contributed by atoms with Crippen LogP contribution in [-0.4, -0.2) is 96.0 Å². The normalized spacial score (nSPS) is 18.7. The second kappa shape index (κ2) is 12.9. The summed E-state index contributed by atoms with van der Waals surface area (Å²) < 4.78 is 1.61. The molecular formula is C20H31N5O7. The highest BCUT2D eigenvalue weighted by molar-refractivity contribution is 5.70. The minimum absolute atomic E-state index is 0.0269. The number of carbonyl (C=O) groups excluding carboxylic acids is 1. The summed E-state index contributed by atoms with van der Waals surface area (Å²) in [6.07, 6.45) is 6.77. The maximum atomic E-state index is 11.6. The number of hydrogen-bond donors (Lipinski definition) is 3. The predicted molar refractivity (Wildman–Crippen MR) is 111 cm³/mol. The number of hydrogen-bond acceptors (Lipinski definition) is 8. The number of carboxylic acids is 3. The van der Waals surface area contributed by atoms with Gasteiger partial charge >= 0.3 is 17.9 Å². The molecule has 2 atom stereocenters. The Kier molecular flexibility index (Phi) is 10.2. The Labute approximate surface area is 185 Å². The lowest BCUT2D eigenvalue weighted by Gasteiger charge is -2.43. The highest BCUT2D eigenvalue weighted by atomic mass is 16.4. The van der Waals surface area contributed by atoms with Gasteiger partial charge in [0, 0.05) is 37.8 Å². The lowest BCUT2D eigenvalue weighted by atomic mass is 9.87. The standard InChI is InChI=1S/C20H31N5O7/c26-10-9-23(13-19(29)30)16-5-1-2-6-17(16)24(14-20(31)32)11-15-12-25(22-21-15)8-4-3-7-18(27)28/h10,12,16-17H,1-9,11,13-14H2,(H,27,28)(H,29,30)(H,31,32). The van der Waals surface area contributed by atoms with Gasteiger partial charge in [-0.1, -0.05) is 18.1 Å². The summed E-state index contributed by atoms with van der Waals surface area (Å²) >= 11 is 0. The highest BCUT2D eigenvalue weighted by Crippen LogP contribution is 2.28. The molecular weight excluding hydrogens is 422 g/mol. The summed E-state index contributed by atoms with van der Waals surface area (Å²) in [6, 6.07) is -0.490. The Hall–Kier alpha value is -2.86. The number of nitrogens with zero attached hydrogens (tertiary/aromatic N) is 5. The van der Waals surface area contributed by atoms with Crippen LogP contribution in [0.5, 0.6) is 0 Å². The number of unbranched alkanes of at least 4 members (excludes halogenated alkanes) is 1. The maximum absolute atomic E-state index is 11.6. The third-order valence-electron chi connectivity index (χ3n) is 5.60. The molecule has 0 radical (unpaired) electrons. The first-order chi connectivity index (χ1) is 15.3. The van der Waals surface area contributed by atoms with Gasteiger partial charge in [0.1, 0.15) is 6.29 Å². The first kappa shape index (κ1) is 25.4. The van der Waals surface area contributed by atoms with Gasteiger partial charge in [0.2, 0.25) is 0 Å². The number of rotatable bonds is 15. The fraction of sp³-hybridized carbons (Fsp3) is 0.700. The van der Waals surface area contributed by atoms with Crippen LogP contribution in [0.1, 0.15) is 50.6 Å². The van der Waals surface area contributed by atoms with Gasteiger partial charge in [0.05, 0.1) is 25.3 Å². The van der Waals surface area contributed by atoms with Crippen molar-refractivity contribution in [3.8, 4) is 0 Å². The molecule has 178 valence electrons. The van der Waals surface area contributed by atoms with Crippen molar-refractivity contribution in [2.75, 3.05) is 19.6 Å². The van der Waals surface area contributed by atoms with Crippen LogP contribution < -0.4 is 0 Å². The van der Waals surface area contributed by atoms with E-state index in [2.05, 4.69) is 10.3 Å². The Morgan fingerprint density at radius 1 is 1.00 bits per heavy atom. The average molecular weight is 453 g/mol. The first-order valence-corrected chi connectivity index (χ1v) is 10.8. The molecule has 0 aromatic carbocycles. The Bertz CT molecular complexity index is 784. The van der Waals surface area contributed by atoms with Crippen molar-refractivity contribution < 1.29 is 34.5 Å². The zero-order valence-electron chi connectivity index (χ0n) is 18.0. The monoisotopic (exact) mass is 453 g/mol. The Morgan fingerprint density at radius 3 is 2.22 bits per heavy atom. The maximum Gasteiger partial charge on any atom is 0.317 e. The fourth-order valence-electron chi connectivity index (χ4n) is 4.27. The molecule has 0 saturated heterocycles. The quantitative estimate of drug-likeness (QED) is 0.247. The topological polar surface area (TPSA) is 166 Å². The number of aldehydes is 1. The van der Waals surface area contributed by atoms with Crippen molar-refractivity contribution >= 4 is 24.2 Å². The molecule has 1 aromatic heterocycles. The molecule has 0 amide bonds. The van der Waals surface area contributed by atoms with Crippen LogP contribution in [0.2, 0.25) is 0 Å². The van der Waals surface area contributed by atoms with E-state index in [9.17, 15) is 29.4 Å². The number of carboxylic acid groups (broad SMARTS) is 3. The van der Waals surface area contributed by atoms with Crippen LogP contribution in [0.25, 0.3) is 0 Å². The van der Waals surface area contributed by atoms with E-state index in [0.29, 0.717) is 44.2 Å². The second-order valence-corrected chi connectivity index (χ2v) is 8.03. The molecule has 32 heavy (non-hydrogen) atoms. The summed E-state index contributed by atoms with van der Waals surface area (Å²) in [5.74, 6) is -2.88. The fourth-order valence-corrected chi connectivity index (χ4v) is 4.27. The highest BCUT2D eigenvalue weighted by Gasteiger charge is 2.36. The van der Waals surface area contributed by atoms with Gasteiger partial charge < -0.3 is 20.1 Å². The zero-order valence-corrected chi connectivity index (χ0v) is 18.0. The van der Waals surface area contributed by atoms with Gasteiger partial charge in [-0.3, -0.25) is 28.9 Å². The van der Waals surface area contributed by atoms with E-state index in [1.54, 1.807) is 20.7 Å². The van der Waals surface area contributed by atoms with Crippen LogP contribution in [0.4, 0.5) is 0 Å². The predicted octanol–water partition coefficient (Wildman–Crippen LogP) is 0.316. The van der Waals surface area contributed by atoms with Gasteiger partial charge in [0.25, 0.3) is 0 Å². The molecule has 1 aliphatic rings. The molecule has 1 aliphatic carbocycles. The van der Waals surface area contributed by atoms with Crippen molar-refractivity contribution in [3.05, 3.63) is 11.9 Å². The molecule has 12 nitrogen and oxygen atoms in total. The van der Waals surface area contributed by atoms with Crippen molar-refractivity contribution in [1.29, 1.82) is 0 Å². The SMILES string of the molecule is O=CCN(CC(=O)O)C1CCCCC1N(CC(=O)O)Cc1cn(CCCCC(=O)O)nn1. The van der Waals surface area contributed by atoms with Crippen molar-refractivity contribution in [2.24, 2.45) is 0 Å². The van der Waals surface area contributed by atoms with E-state index in [-0.39, 0.29) is 44.7 Å². The van der Waals surface area contributed by atoms with E-state index in [1.165, 1.54) is 0 Å². The lowest BCUT2D eigenvalue weighted by Crippen LogP contribution is -2.55. The third kappa shape index (κ3) is 8.35. The lowest BCUT2D eigenvalue weighted by molar-refractivity contribution is -0.143. The summed E-state index contributed by atoms with van der Waals surface area (Å²) in [5.41, 5.74) is 0.578. The number of aliphatic carboxylic acids is 3. The molecule has 1 fully saturated rings. The van der Waals surface area contributed by atoms with E-state index >= 15 is 0 Å². The van der Waals surface area contributed by atoms with Crippen LogP contribution in [0, 0.1) is 0 Å². The largest absolute Gasteiger partial charge is 0.481 e. The summed E-state index contributed by atoms with van der Waals surface area (Å²) in [7, 11) is 0. The molecule has 1 aromatic rings. The average Bonchev–Trinajstić information content (AvgIpc) is 3.17. The van der Waals surface area contributed by atoms with Gasteiger partial charge in [-0.05, 0) is 25.7 Å². The smallest absolute Gasteiger partial charge is 0.317 e. The number of aromatic nitrogens is 3. The molecule has 2 rings (SSSR count). The molecule has 12 heteroatoms. The van der Waals surface area contributed by atoms with Gasteiger partial charge in [-0.15, -0.1) is 5.10 Å². The van der Waals surface area contributed by atoms with Crippen molar-refractivity contribution in [2.45, 2.75) is 70.1 Å². The Morgan fingerprint density at radius 2 is 1.62 bits per heavy atom. The Balaban J connectivity index is 2.11. The molecule has 0 bridgehead atoms. The van der Waals surface area contributed by atoms with Gasteiger partial charge in [-0.2, -0.15) is 0 Å². The molecule has 1 heterocycles. The van der Waals surface area contributed by atoms with E-state index in [0.717, 1.165) is 12.8 Å². The van der Waals surface area contributed by atoms with E-state index < -0.39 is 17.9 Å². The minimum Gasteiger partial charge on any atom is -0.481 e.